The molecule has 2 N–H and O–H groups in total. The van der Waals surface area contributed by atoms with E-state index in [0.717, 1.165) is 0 Å². The minimum atomic E-state index is -0.372. The lowest BCUT2D eigenvalue weighted by Gasteiger charge is -2.09. The summed E-state index contributed by atoms with van der Waals surface area (Å²) < 4.78 is 14.8. The van der Waals surface area contributed by atoms with Crippen molar-refractivity contribution >= 4 is 11.0 Å². The quantitative estimate of drug-likeness (QED) is 0.808. The van der Waals surface area contributed by atoms with Crippen molar-refractivity contribution in [2.45, 2.75) is 19.9 Å². The highest BCUT2D eigenvalue weighted by molar-refractivity contribution is 5.76. The summed E-state index contributed by atoms with van der Waals surface area (Å²) in [5, 5.41) is 9.05. The van der Waals surface area contributed by atoms with Crippen LogP contribution in [0.25, 0.3) is 11.0 Å². The van der Waals surface area contributed by atoms with Crippen molar-refractivity contribution in [1.82, 2.24) is 9.55 Å². The topological polar surface area (TPSA) is 58.0 Å². The first kappa shape index (κ1) is 10.9. The summed E-state index contributed by atoms with van der Waals surface area (Å²) in [6, 6.07) is 2.53. The summed E-state index contributed by atoms with van der Waals surface area (Å²) in [6.07, 6.45) is 0. The molecular formula is C11H13FN2O2. The van der Waals surface area contributed by atoms with Crippen LogP contribution in [0.2, 0.25) is 0 Å². The summed E-state index contributed by atoms with van der Waals surface area (Å²) in [6.45, 7) is 3.18. The molecule has 0 amide bonds. The number of H-pyrrole nitrogens is 1. The molecule has 0 bridgehead atoms. The second-order valence-corrected chi connectivity index (χ2v) is 3.95. The number of aromatic nitrogens is 2. The molecule has 1 aromatic heterocycles. The van der Waals surface area contributed by atoms with Crippen LogP contribution >= 0.6 is 0 Å². The zero-order chi connectivity index (χ0) is 11.9. The van der Waals surface area contributed by atoms with Gasteiger partial charge < -0.3 is 10.1 Å². The van der Waals surface area contributed by atoms with Gasteiger partial charge in [0.15, 0.2) is 0 Å². The summed E-state index contributed by atoms with van der Waals surface area (Å²) >= 11 is 0. The van der Waals surface area contributed by atoms with Gasteiger partial charge in [0.05, 0.1) is 23.7 Å². The van der Waals surface area contributed by atoms with E-state index in [0.29, 0.717) is 16.6 Å². The van der Waals surface area contributed by atoms with E-state index in [1.54, 1.807) is 19.9 Å². The SMILES string of the molecule is Cc1cc2[nH]c(=O)n(C(C)CO)c2cc1F. The van der Waals surface area contributed by atoms with Crippen LogP contribution in [-0.4, -0.2) is 21.3 Å². The molecular weight excluding hydrogens is 211 g/mol. The van der Waals surface area contributed by atoms with E-state index in [4.69, 9.17) is 5.11 Å². The molecule has 1 aromatic carbocycles. The molecule has 0 fully saturated rings. The van der Waals surface area contributed by atoms with Crippen LogP contribution in [0.4, 0.5) is 4.39 Å². The van der Waals surface area contributed by atoms with Crippen molar-refractivity contribution in [3.63, 3.8) is 0 Å². The van der Waals surface area contributed by atoms with Gasteiger partial charge in [0.1, 0.15) is 5.82 Å². The van der Waals surface area contributed by atoms with Crippen molar-refractivity contribution in [3.8, 4) is 0 Å². The number of imidazole rings is 1. The Morgan fingerprint density at radius 3 is 2.88 bits per heavy atom. The van der Waals surface area contributed by atoms with Gasteiger partial charge >= 0.3 is 5.69 Å². The number of aliphatic hydroxyl groups excluding tert-OH is 1. The number of benzene rings is 1. The maximum Gasteiger partial charge on any atom is 0.326 e. The summed E-state index contributed by atoms with van der Waals surface area (Å²) in [5.74, 6) is -0.356. The normalized spacial score (nSPS) is 13.2. The van der Waals surface area contributed by atoms with Crippen molar-refractivity contribution < 1.29 is 9.50 Å². The van der Waals surface area contributed by atoms with Gasteiger partial charge in [-0.25, -0.2) is 9.18 Å². The summed E-state index contributed by atoms with van der Waals surface area (Å²) in [5.41, 5.74) is 1.22. The van der Waals surface area contributed by atoms with E-state index in [-0.39, 0.29) is 24.2 Å². The van der Waals surface area contributed by atoms with Crippen molar-refractivity contribution in [3.05, 3.63) is 34.0 Å². The monoisotopic (exact) mass is 224 g/mol. The van der Waals surface area contributed by atoms with Crippen LogP contribution in [0.5, 0.6) is 0 Å². The average Bonchev–Trinajstić information content (AvgIpc) is 2.54. The third-order valence-electron chi connectivity index (χ3n) is 2.70. The smallest absolute Gasteiger partial charge is 0.326 e. The number of aromatic amines is 1. The maximum atomic E-state index is 13.4. The number of rotatable bonds is 2. The van der Waals surface area contributed by atoms with E-state index in [1.165, 1.54) is 10.6 Å². The number of aryl methyl sites for hydroxylation is 1. The fourth-order valence-electron chi connectivity index (χ4n) is 1.77. The van der Waals surface area contributed by atoms with Crippen LogP contribution in [-0.2, 0) is 0 Å². The van der Waals surface area contributed by atoms with Crippen molar-refractivity contribution in [2.75, 3.05) is 6.61 Å². The first-order chi connectivity index (χ1) is 7.54. The van der Waals surface area contributed by atoms with Crippen LogP contribution < -0.4 is 5.69 Å². The third-order valence-corrected chi connectivity index (χ3v) is 2.70. The molecule has 0 radical (unpaired) electrons. The van der Waals surface area contributed by atoms with Gasteiger partial charge in [0.2, 0.25) is 0 Å². The Labute approximate surface area is 91.3 Å². The predicted octanol–water partition coefficient (Wildman–Crippen LogP) is 1.33. The van der Waals surface area contributed by atoms with E-state index >= 15 is 0 Å². The Balaban J connectivity index is 2.79. The molecule has 16 heavy (non-hydrogen) atoms. The molecule has 0 aliphatic rings. The molecule has 0 aliphatic carbocycles. The lowest BCUT2D eigenvalue weighted by atomic mass is 10.2. The Morgan fingerprint density at radius 1 is 1.56 bits per heavy atom. The molecule has 2 rings (SSSR count). The number of nitrogens with one attached hydrogen (secondary N) is 1. The van der Waals surface area contributed by atoms with Crippen LogP contribution in [0.3, 0.4) is 0 Å². The molecule has 2 aromatic rings. The van der Waals surface area contributed by atoms with Gasteiger partial charge in [0, 0.05) is 6.07 Å². The molecule has 86 valence electrons. The molecule has 1 unspecified atom stereocenters. The van der Waals surface area contributed by atoms with Crippen LogP contribution in [0.1, 0.15) is 18.5 Å². The highest BCUT2D eigenvalue weighted by Crippen LogP contribution is 2.18. The number of hydrogen-bond acceptors (Lipinski definition) is 2. The average molecular weight is 224 g/mol. The number of aliphatic hydroxyl groups is 1. The second-order valence-electron chi connectivity index (χ2n) is 3.95. The highest BCUT2D eigenvalue weighted by Gasteiger charge is 2.13. The maximum absolute atomic E-state index is 13.4. The Bertz CT molecular complexity index is 585. The van der Waals surface area contributed by atoms with Crippen LogP contribution in [0, 0.1) is 12.7 Å². The zero-order valence-corrected chi connectivity index (χ0v) is 9.12. The summed E-state index contributed by atoms with van der Waals surface area (Å²) in [4.78, 5) is 14.3. The lowest BCUT2D eigenvalue weighted by molar-refractivity contribution is 0.239. The van der Waals surface area contributed by atoms with Gasteiger partial charge in [-0.1, -0.05) is 0 Å². The fourth-order valence-corrected chi connectivity index (χ4v) is 1.77. The number of nitrogens with zero attached hydrogens (tertiary/aromatic N) is 1. The largest absolute Gasteiger partial charge is 0.394 e. The Kier molecular flexibility index (Phi) is 2.55. The highest BCUT2D eigenvalue weighted by atomic mass is 19.1. The Hall–Kier alpha value is -1.62. The van der Waals surface area contributed by atoms with Gasteiger partial charge in [-0.15, -0.1) is 0 Å². The zero-order valence-electron chi connectivity index (χ0n) is 9.12. The Morgan fingerprint density at radius 2 is 2.25 bits per heavy atom. The standard InChI is InChI=1S/C11H13FN2O2/c1-6-3-9-10(4-8(6)12)14(7(2)5-15)11(16)13-9/h3-4,7,15H,5H2,1-2H3,(H,13,16). The van der Waals surface area contributed by atoms with Crippen molar-refractivity contribution in [2.24, 2.45) is 0 Å². The molecule has 0 saturated heterocycles. The van der Waals surface area contributed by atoms with E-state index in [2.05, 4.69) is 4.98 Å². The summed E-state index contributed by atoms with van der Waals surface area (Å²) in [7, 11) is 0. The molecule has 0 aliphatic heterocycles. The molecule has 1 atom stereocenters. The molecule has 1 heterocycles. The van der Waals surface area contributed by atoms with Crippen molar-refractivity contribution in [1.29, 1.82) is 0 Å². The molecule has 5 heteroatoms. The minimum Gasteiger partial charge on any atom is -0.394 e. The third kappa shape index (κ3) is 1.53. The fraction of sp³-hybridized carbons (Fsp3) is 0.364. The lowest BCUT2D eigenvalue weighted by Crippen LogP contribution is -2.22. The predicted molar refractivity (Wildman–Crippen MR) is 59.1 cm³/mol. The first-order valence-corrected chi connectivity index (χ1v) is 5.06. The van der Waals surface area contributed by atoms with E-state index in [9.17, 15) is 9.18 Å². The van der Waals surface area contributed by atoms with Gasteiger partial charge in [-0.2, -0.15) is 0 Å². The number of halogens is 1. The van der Waals surface area contributed by atoms with Gasteiger partial charge in [-0.3, -0.25) is 4.57 Å². The second kappa shape index (κ2) is 3.75. The molecule has 0 saturated carbocycles. The first-order valence-electron chi connectivity index (χ1n) is 5.06. The molecule has 0 spiro atoms. The number of hydrogen-bond donors (Lipinski definition) is 2. The van der Waals surface area contributed by atoms with Gasteiger partial charge in [-0.05, 0) is 25.5 Å². The van der Waals surface area contributed by atoms with E-state index < -0.39 is 0 Å². The van der Waals surface area contributed by atoms with E-state index in [1.807, 2.05) is 0 Å². The van der Waals surface area contributed by atoms with Gasteiger partial charge in [0.25, 0.3) is 0 Å². The number of fused-ring (bicyclic) bond motifs is 1. The minimum absolute atomic E-state index is 0.164. The molecule has 4 nitrogen and oxygen atoms in total. The van der Waals surface area contributed by atoms with Crippen LogP contribution in [0.15, 0.2) is 16.9 Å².